The summed E-state index contributed by atoms with van der Waals surface area (Å²) in [5.41, 5.74) is 3.39. The number of sulfonamides is 1. The van der Waals surface area contributed by atoms with Gasteiger partial charge in [-0.1, -0.05) is 30.3 Å². The van der Waals surface area contributed by atoms with Crippen molar-refractivity contribution in [3.8, 4) is 11.3 Å². The van der Waals surface area contributed by atoms with Gasteiger partial charge < -0.3 is 4.42 Å². The highest BCUT2D eigenvalue weighted by Gasteiger charge is 2.28. The van der Waals surface area contributed by atoms with E-state index in [1.54, 1.807) is 37.5 Å². The molecule has 0 bridgehead atoms. The average Bonchev–Trinajstić information content (AvgIpc) is 3.08. The van der Waals surface area contributed by atoms with Crippen molar-refractivity contribution in [2.75, 3.05) is 10.8 Å². The summed E-state index contributed by atoms with van der Waals surface area (Å²) in [6.07, 6.45) is 3.30. The smallest absolute Gasteiger partial charge is 0.264 e. The Morgan fingerprint density at radius 3 is 2.56 bits per heavy atom. The first-order valence-electron chi connectivity index (χ1n) is 8.19. The highest BCUT2D eigenvalue weighted by molar-refractivity contribution is 7.92. The van der Waals surface area contributed by atoms with Crippen LogP contribution in [0.2, 0.25) is 0 Å². The second-order valence-electron chi connectivity index (χ2n) is 6.09. The van der Waals surface area contributed by atoms with Gasteiger partial charge in [-0.05, 0) is 36.6 Å². The second kappa shape index (κ2) is 6.04. The van der Waals surface area contributed by atoms with Crippen LogP contribution in [0.4, 0.5) is 5.69 Å². The van der Waals surface area contributed by atoms with Gasteiger partial charge in [0.2, 0.25) is 0 Å². The number of hydrogen-bond acceptors (Lipinski definition) is 4. The summed E-state index contributed by atoms with van der Waals surface area (Å²) in [5, 5.41) is 0. The van der Waals surface area contributed by atoms with Crippen molar-refractivity contribution in [1.82, 2.24) is 4.98 Å². The molecule has 1 aliphatic rings. The Balaban J connectivity index is 1.69. The molecule has 1 aromatic heterocycles. The summed E-state index contributed by atoms with van der Waals surface area (Å²) >= 11 is 0. The normalized spacial score (nSPS) is 14.4. The van der Waals surface area contributed by atoms with Crippen LogP contribution in [0.5, 0.6) is 0 Å². The summed E-state index contributed by atoms with van der Waals surface area (Å²) < 4.78 is 32.9. The molecular formula is C19H18N2O3S. The summed E-state index contributed by atoms with van der Waals surface area (Å²) in [6, 6.07) is 14.5. The Labute approximate surface area is 147 Å². The molecule has 0 radical (unpaired) electrons. The fraction of sp³-hybridized carbons (Fsp3) is 0.211. The van der Waals surface area contributed by atoms with Crippen LogP contribution in [0.3, 0.4) is 0 Å². The minimum absolute atomic E-state index is 0.285. The molecule has 25 heavy (non-hydrogen) atoms. The van der Waals surface area contributed by atoms with E-state index < -0.39 is 10.0 Å². The predicted octanol–water partition coefficient (Wildman–Crippen LogP) is 3.79. The van der Waals surface area contributed by atoms with E-state index in [4.69, 9.17) is 4.42 Å². The molecule has 0 saturated carbocycles. The number of nitrogens with zero attached hydrogens (tertiary/aromatic N) is 2. The number of oxazole rings is 1. The number of benzene rings is 2. The number of hydrogen-bond donors (Lipinski definition) is 0. The summed E-state index contributed by atoms with van der Waals surface area (Å²) in [4.78, 5) is 4.55. The summed E-state index contributed by atoms with van der Waals surface area (Å²) in [5.74, 6) is 0.580. The number of aromatic nitrogens is 1. The van der Waals surface area contributed by atoms with Gasteiger partial charge in [-0.2, -0.15) is 0 Å². The lowest BCUT2D eigenvalue weighted by molar-refractivity contribution is 0.521. The third-order valence-corrected chi connectivity index (χ3v) is 6.25. The molecule has 1 aliphatic heterocycles. The summed E-state index contributed by atoms with van der Waals surface area (Å²) in [7, 11) is -3.58. The quantitative estimate of drug-likeness (QED) is 0.718. The van der Waals surface area contributed by atoms with Gasteiger partial charge in [0, 0.05) is 19.0 Å². The third-order valence-electron chi connectivity index (χ3n) is 4.42. The predicted molar refractivity (Wildman–Crippen MR) is 96.0 cm³/mol. The van der Waals surface area contributed by atoms with Crippen molar-refractivity contribution in [1.29, 1.82) is 0 Å². The van der Waals surface area contributed by atoms with Gasteiger partial charge in [0.25, 0.3) is 10.0 Å². The van der Waals surface area contributed by atoms with Crippen LogP contribution < -0.4 is 4.31 Å². The molecule has 0 N–H and O–H groups in total. The van der Waals surface area contributed by atoms with Crippen LogP contribution in [0.15, 0.2) is 64.1 Å². The Kier molecular flexibility index (Phi) is 3.84. The summed E-state index contributed by atoms with van der Waals surface area (Å²) in [6.45, 7) is 2.28. The maximum Gasteiger partial charge on any atom is 0.264 e. The Bertz CT molecular complexity index is 1010. The Morgan fingerprint density at radius 1 is 1.08 bits per heavy atom. The fourth-order valence-corrected chi connectivity index (χ4v) is 4.71. The zero-order valence-corrected chi connectivity index (χ0v) is 14.7. The van der Waals surface area contributed by atoms with Crippen LogP contribution in [-0.4, -0.2) is 19.9 Å². The number of fused-ring (bicyclic) bond motifs is 1. The van der Waals surface area contributed by atoms with Gasteiger partial charge in [0.15, 0.2) is 5.89 Å². The molecule has 0 amide bonds. The van der Waals surface area contributed by atoms with Gasteiger partial charge in [-0.25, -0.2) is 13.4 Å². The molecular weight excluding hydrogens is 336 g/mol. The molecule has 0 unspecified atom stereocenters. The highest BCUT2D eigenvalue weighted by atomic mass is 32.2. The van der Waals surface area contributed by atoms with Crippen LogP contribution in [0.1, 0.15) is 17.9 Å². The first-order chi connectivity index (χ1) is 12.1. The van der Waals surface area contributed by atoms with Crippen LogP contribution in [0.25, 0.3) is 11.3 Å². The monoisotopic (exact) mass is 354 g/mol. The zero-order chi connectivity index (χ0) is 17.4. The standard InChI is InChI=1S/C19H18N2O3S/c1-14-20-18(13-24-14)15-8-10-17(11-9-15)25(22,23)21-12-4-6-16-5-2-3-7-19(16)21/h2-3,5,7-11,13H,4,6,12H2,1H3. The molecule has 0 aliphatic carbocycles. The van der Waals surface area contributed by atoms with E-state index in [-0.39, 0.29) is 4.90 Å². The highest BCUT2D eigenvalue weighted by Crippen LogP contribution is 2.32. The van der Waals surface area contributed by atoms with E-state index >= 15 is 0 Å². The topological polar surface area (TPSA) is 63.4 Å². The van der Waals surface area contributed by atoms with Crippen LogP contribution >= 0.6 is 0 Å². The lowest BCUT2D eigenvalue weighted by Gasteiger charge is -2.30. The molecule has 2 heterocycles. The minimum Gasteiger partial charge on any atom is -0.449 e. The molecule has 3 aromatic rings. The molecule has 2 aromatic carbocycles. The molecule has 0 atom stereocenters. The van der Waals surface area contributed by atoms with Crippen molar-refractivity contribution in [2.45, 2.75) is 24.7 Å². The SMILES string of the molecule is Cc1nc(-c2ccc(S(=O)(=O)N3CCCc4ccccc43)cc2)co1. The molecule has 0 spiro atoms. The first kappa shape index (κ1) is 15.9. The number of para-hydroxylation sites is 1. The van der Waals surface area contributed by atoms with E-state index in [2.05, 4.69) is 4.98 Å². The average molecular weight is 354 g/mol. The van der Waals surface area contributed by atoms with Crippen molar-refractivity contribution >= 4 is 15.7 Å². The van der Waals surface area contributed by atoms with Gasteiger partial charge >= 0.3 is 0 Å². The van der Waals surface area contributed by atoms with Crippen molar-refractivity contribution in [2.24, 2.45) is 0 Å². The molecule has 0 saturated heterocycles. The van der Waals surface area contributed by atoms with E-state index in [1.165, 1.54) is 4.31 Å². The van der Waals surface area contributed by atoms with Crippen molar-refractivity contribution < 1.29 is 12.8 Å². The van der Waals surface area contributed by atoms with Gasteiger partial charge in [-0.3, -0.25) is 4.31 Å². The number of anilines is 1. The van der Waals surface area contributed by atoms with Gasteiger partial charge in [0.1, 0.15) is 12.0 Å². The number of rotatable bonds is 3. The molecule has 6 heteroatoms. The zero-order valence-electron chi connectivity index (χ0n) is 13.8. The second-order valence-corrected chi connectivity index (χ2v) is 7.95. The van der Waals surface area contributed by atoms with E-state index in [0.717, 1.165) is 29.7 Å². The van der Waals surface area contributed by atoms with Gasteiger partial charge in [-0.15, -0.1) is 0 Å². The molecule has 128 valence electrons. The minimum atomic E-state index is -3.58. The fourth-order valence-electron chi connectivity index (χ4n) is 3.17. The lowest BCUT2D eigenvalue weighted by atomic mass is 10.0. The van der Waals surface area contributed by atoms with Crippen LogP contribution in [-0.2, 0) is 16.4 Å². The van der Waals surface area contributed by atoms with Crippen LogP contribution in [0, 0.1) is 6.92 Å². The maximum absolute atomic E-state index is 13.1. The van der Waals surface area contributed by atoms with Crippen molar-refractivity contribution in [3.63, 3.8) is 0 Å². The Hall–Kier alpha value is -2.60. The molecule has 0 fully saturated rings. The Morgan fingerprint density at radius 2 is 1.84 bits per heavy atom. The molecule has 5 nitrogen and oxygen atoms in total. The van der Waals surface area contributed by atoms with Crippen molar-refractivity contribution in [3.05, 3.63) is 66.2 Å². The third kappa shape index (κ3) is 2.82. The largest absolute Gasteiger partial charge is 0.449 e. The lowest BCUT2D eigenvalue weighted by Crippen LogP contribution is -2.35. The number of aryl methyl sites for hydroxylation is 2. The van der Waals surface area contributed by atoms with E-state index in [0.29, 0.717) is 18.1 Å². The first-order valence-corrected chi connectivity index (χ1v) is 9.63. The molecule has 4 rings (SSSR count). The van der Waals surface area contributed by atoms with E-state index in [9.17, 15) is 8.42 Å². The van der Waals surface area contributed by atoms with E-state index in [1.807, 2.05) is 24.3 Å². The maximum atomic E-state index is 13.1. The van der Waals surface area contributed by atoms with Gasteiger partial charge in [0.05, 0.1) is 10.6 Å².